The SMILES string of the molecule is COc1ccc(Br)cc1C=CC=O. The van der Waals surface area contributed by atoms with Crippen LogP contribution < -0.4 is 4.74 Å². The Morgan fingerprint density at radius 2 is 2.23 bits per heavy atom. The molecule has 1 rings (SSSR count). The zero-order valence-electron chi connectivity index (χ0n) is 7.16. The molecule has 0 amide bonds. The van der Waals surface area contributed by atoms with Crippen molar-refractivity contribution in [2.45, 2.75) is 0 Å². The third-order valence-electron chi connectivity index (χ3n) is 1.55. The monoisotopic (exact) mass is 240 g/mol. The van der Waals surface area contributed by atoms with Gasteiger partial charge in [0.15, 0.2) is 0 Å². The first-order valence-corrected chi connectivity index (χ1v) is 4.52. The van der Waals surface area contributed by atoms with Gasteiger partial charge in [-0.25, -0.2) is 0 Å². The fraction of sp³-hybridized carbons (Fsp3) is 0.100. The maximum Gasteiger partial charge on any atom is 0.142 e. The number of carbonyl (C=O) groups is 1. The van der Waals surface area contributed by atoms with E-state index in [2.05, 4.69) is 15.9 Å². The van der Waals surface area contributed by atoms with Crippen LogP contribution in [0.25, 0.3) is 6.08 Å². The molecule has 3 heteroatoms. The number of methoxy groups -OCH3 is 1. The molecule has 0 bridgehead atoms. The molecule has 13 heavy (non-hydrogen) atoms. The van der Waals surface area contributed by atoms with E-state index in [0.29, 0.717) is 0 Å². The summed E-state index contributed by atoms with van der Waals surface area (Å²) in [6.45, 7) is 0. The highest BCUT2D eigenvalue weighted by atomic mass is 79.9. The number of benzene rings is 1. The van der Waals surface area contributed by atoms with Gasteiger partial charge in [-0.2, -0.15) is 0 Å². The number of aldehydes is 1. The van der Waals surface area contributed by atoms with Crippen molar-refractivity contribution >= 4 is 28.3 Å². The third kappa shape index (κ3) is 2.70. The zero-order chi connectivity index (χ0) is 9.68. The smallest absolute Gasteiger partial charge is 0.142 e. The Morgan fingerprint density at radius 1 is 1.46 bits per heavy atom. The predicted molar refractivity (Wildman–Crippen MR) is 55.8 cm³/mol. The summed E-state index contributed by atoms with van der Waals surface area (Å²) in [4.78, 5) is 10.1. The third-order valence-corrected chi connectivity index (χ3v) is 2.04. The second kappa shape index (κ2) is 4.82. The van der Waals surface area contributed by atoms with Gasteiger partial charge < -0.3 is 4.74 Å². The molecule has 0 aromatic heterocycles. The lowest BCUT2D eigenvalue weighted by Crippen LogP contribution is -1.86. The maximum atomic E-state index is 10.1. The van der Waals surface area contributed by atoms with Gasteiger partial charge >= 0.3 is 0 Å². The summed E-state index contributed by atoms with van der Waals surface area (Å²) in [6, 6.07) is 5.62. The van der Waals surface area contributed by atoms with Crippen molar-refractivity contribution in [3.05, 3.63) is 34.3 Å². The molecule has 0 unspecified atom stereocenters. The molecule has 0 N–H and O–H groups in total. The van der Waals surface area contributed by atoms with Gasteiger partial charge in [0.05, 0.1) is 7.11 Å². The standard InChI is InChI=1S/C10H9BrO2/c1-13-10-5-4-9(11)7-8(10)3-2-6-12/h2-7H,1H3. The van der Waals surface area contributed by atoms with Crippen LogP contribution in [0.15, 0.2) is 28.7 Å². The van der Waals surface area contributed by atoms with Crippen molar-refractivity contribution in [3.63, 3.8) is 0 Å². The summed E-state index contributed by atoms with van der Waals surface area (Å²) >= 11 is 3.34. The van der Waals surface area contributed by atoms with E-state index < -0.39 is 0 Å². The van der Waals surface area contributed by atoms with Crippen LogP contribution in [0.5, 0.6) is 5.75 Å². The highest BCUT2D eigenvalue weighted by molar-refractivity contribution is 9.10. The molecule has 0 atom stereocenters. The molecule has 68 valence electrons. The topological polar surface area (TPSA) is 26.3 Å². The molecule has 0 heterocycles. The normalized spacial score (nSPS) is 10.3. The van der Waals surface area contributed by atoms with Crippen molar-refractivity contribution in [2.24, 2.45) is 0 Å². The summed E-state index contributed by atoms with van der Waals surface area (Å²) in [5.74, 6) is 0.751. The average Bonchev–Trinajstić information content (AvgIpc) is 2.15. The van der Waals surface area contributed by atoms with Crippen molar-refractivity contribution < 1.29 is 9.53 Å². The molecule has 0 saturated heterocycles. The molecular formula is C10H9BrO2. The second-order valence-corrected chi connectivity index (χ2v) is 3.30. The number of carbonyl (C=O) groups excluding carboxylic acids is 1. The first-order chi connectivity index (χ1) is 6.27. The van der Waals surface area contributed by atoms with Crippen LogP contribution in [0.4, 0.5) is 0 Å². The Bertz CT molecular complexity index is 332. The number of allylic oxidation sites excluding steroid dienone is 1. The molecule has 0 radical (unpaired) electrons. The quantitative estimate of drug-likeness (QED) is 0.600. The fourth-order valence-electron chi connectivity index (χ4n) is 0.978. The minimum Gasteiger partial charge on any atom is -0.496 e. The van der Waals surface area contributed by atoms with Crippen molar-refractivity contribution in [2.75, 3.05) is 7.11 Å². The van der Waals surface area contributed by atoms with Crippen molar-refractivity contribution in [1.82, 2.24) is 0 Å². The molecule has 0 saturated carbocycles. The Labute approximate surface area is 85.3 Å². The minimum absolute atomic E-state index is 0.736. The molecule has 0 aliphatic heterocycles. The molecule has 0 fully saturated rings. The van der Waals surface area contributed by atoms with Crippen LogP contribution in [0.1, 0.15) is 5.56 Å². The second-order valence-electron chi connectivity index (χ2n) is 2.38. The summed E-state index contributed by atoms with van der Waals surface area (Å²) in [6.07, 6.45) is 3.88. The summed E-state index contributed by atoms with van der Waals surface area (Å²) in [7, 11) is 1.60. The Kier molecular flexibility index (Phi) is 3.71. The number of hydrogen-bond acceptors (Lipinski definition) is 2. The van der Waals surface area contributed by atoms with Crippen LogP contribution in [0.3, 0.4) is 0 Å². The first kappa shape index (κ1) is 9.99. The summed E-state index contributed by atoms with van der Waals surface area (Å²) < 4.78 is 6.07. The van der Waals surface area contributed by atoms with E-state index in [1.807, 2.05) is 18.2 Å². The van der Waals surface area contributed by atoms with Gasteiger partial charge in [0.1, 0.15) is 12.0 Å². The van der Waals surface area contributed by atoms with E-state index in [-0.39, 0.29) is 0 Å². The largest absolute Gasteiger partial charge is 0.496 e. The lowest BCUT2D eigenvalue weighted by atomic mass is 10.2. The van der Waals surface area contributed by atoms with E-state index in [9.17, 15) is 4.79 Å². The van der Waals surface area contributed by atoms with Gasteiger partial charge in [0.2, 0.25) is 0 Å². The van der Waals surface area contributed by atoms with Crippen LogP contribution >= 0.6 is 15.9 Å². The summed E-state index contributed by atoms with van der Waals surface area (Å²) in [5, 5.41) is 0. The molecule has 2 nitrogen and oxygen atoms in total. The Hall–Kier alpha value is -1.09. The van der Waals surface area contributed by atoms with E-state index in [0.717, 1.165) is 22.1 Å². The molecular weight excluding hydrogens is 232 g/mol. The molecule has 0 spiro atoms. The van der Waals surface area contributed by atoms with Crippen LogP contribution in [-0.4, -0.2) is 13.4 Å². The molecule has 0 aliphatic rings. The highest BCUT2D eigenvalue weighted by Gasteiger charge is 1.98. The number of hydrogen-bond donors (Lipinski definition) is 0. The van der Waals surface area contributed by atoms with E-state index in [1.165, 1.54) is 6.08 Å². The molecule has 0 aliphatic carbocycles. The van der Waals surface area contributed by atoms with Gasteiger partial charge in [0.25, 0.3) is 0 Å². The Balaban J connectivity index is 3.07. The van der Waals surface area contributed by atoms with E-state index >= 15 is 0 Å². The molecule has 1 aromatic carbocycles. The number of ether oxygens (including phenoxy) is 1. The van der Waals surface area contributed by atoms with Crippen LogP contribution in [-0.2, 0) is 4.79 Å². The van der Waals surface area contributed by atoms with E-state index in [1.54, 1.807) is 13.2 Å². The minimum atomic E-state index is 0.736. The van der Waals surface area contributed by atoms with Gasteiger partial charge in [-0.3, -0.25) is 4.79 Å². The lowest BCUT2D eigenvalue weighted by molar-refractivity contribution is -0.104. The summed E-state index contributed by atoms with van der Waals surface area (Å²) in [5.41, 5.74) is 0.879. The number of halogens is 1. The van der Waals surface area contributed by atoms with Crippen LogP contribution in [0, 0.1) is 0 Å². The lowest BCUT2D eigenvalue weighted by Gasteiger charge is -2.03. The number of rotatable bonds is 3. The van der Waals surface area contributed by atoms with Gasteiger partial charge in [-0.15, -0.1) is 0 Å². The average molecular weight is 241 g/mol. The zero-order valence-corrected chi connectivity index (χ0v) is 8.74. The fourth-order valence-corrected chi connectivity index (χ4v) is 1.36. The van der Waals surface area contributed by atoms with Gasteiger partial charge in [-0.05, 0) is 30.4 Å². The highest BCUT2D eigenvalue weighted by Crippen LogP contribution is 2.23. The first-order valence-electron chi connectivity index (χ1n) is 3.73. The molecule has 1 aromatic rings. The van der Waals surface area contributed by atoms with Crippen LogP contribution in [0.2, 0.25) is 0 Å². The maximum absolute atomic E-state index is 10.1. The van der Waals surface area contributed by atoms with Crippen molar-refractivity contribution in [3.8, 4) is 5.75 Å². The predicted octanol–water partition coefficient (Wildman–Crippen LogP) is 2.67. The van der Waals surface area contributed by atoms with E-state index in [4.69, 9.17) is 4.74 Å². The van der Waals surface area contributed by atoms with Gasteiger partial charge in [0, 0.05) is 10.0 Å². The Morgan fingerprint density at radius 3 is 2.85 bits per heavy atom. The van der Waals surface area contributed by atoms with Crippen molar-refractivity contribution in [1.29, 1.82) is 0 Å². The van der Waals surface area contributed by atoms with Gasteiger partial charge in [-0.1, -0.05) is 15.9 Å².